The third kappa shape index (κ3) is 4.76. The Labute approximate surface area is 179 Å². The number of hydrogen-bond acceptors (Lipinski definition) is 7. The molecule has 0 aliphatic rings. The van der Waals surface area contributed by atoms with E-state index < -0.39 is 15.9 Å². The molecule has 1 aromatic heterocycles. The molecule has 3 aromatic rings. The number of nitrogens with one attached hydrogen (secondary N) is 2. The summed E-state index contributed by atoms with van der Waals surface area (Å²) in [6.45, 7) is 0. The van der Waals surface area contributed by atoms with Gasteiger partial charge in [0.05, 0.1) is 16.3 Å². The van der Waals surface area contributed by atoms with Crippen molar-refractivity contribution in [1.29, 1.82) is 0 Å². The Balaban J connectivity index is 1.78. The smallest absolute Gasteiger partial charge is 0.291 e. The second kappa shape index (κ2) is 8.66. The van der Waals surface area contributed by atoms with Crippen LogP contribution in [0.15, 0.2) is 51.7 Å². The summed E-state index contributed by atoms with van der Waals surface area (Å²) in [5.74, 6) is -0.553. The zero-order chi connectivity index (χ0) is 20.3. The van der Waals surface area contributed by atoms with E-state index in [4.69, 9.17) is 23.2 Å². The summed E-state index contributed by atoms with van der Waals surface area (Å²) in [6.07, 6.45) is 1.84. The van der Waals surface area contributed by atoms with E-state index in [1.165, 1.54) is 30.0 Å². The maximum atomic E-state index is 12.6. The molecule has 146 valence electrons. The second-order valence-corrected chi connectivity index (χ2v) is 9.78. The molecule has 28 heavy (non-hydrogen) atoms. The van der Waals surface area contributed by atoms with Crippen molar-refractivity contribution in [3.05, 3.63) is 58.1 Å². The first-order chi connectivity index (χ1) is 13.3. The molecule has 0 fully saturated rings. The normalized spacial score (nSPS) is 11.2. The summed E-state index contributed by atoms with van der Waals surface area (Å²) in [5, 5.41) is 10.4. The van der Waals surface area contributed by atoms with Crippen molar-refractivity contribution in [2.24, 2.45) is 0 Å². The second-order valence-electron chi connectivity index (χ2n) is 5.26. The van der Waals surface area contributed by atoms with Crippen molar-refractivity contribution in [3.63, 3.8) is 0 Å². The van der Waals surface area contributed by atoms with Gasteiger partial charge in [0, 0.05) is 9.92 Å². The Morgan fingerprint density at radius 1 is 1.14 bits per heavy atom. The number of anilines is 2. The largest absolute Gasteiger partial charge is 0.296 e. The van der Waals surface area contributed by atoms with Gasteiger partial charge in [0.1, 0.15) is 0 Å². The van der Waals surface area contributed by atoms with E-state index in [1.807, 2.05) is 12.3 Å². The first-order valence-corrected chi connectivity index (χ1v) is 11.8. The van der Waals surface area contributed by atoms with Crippen LogP contribution in [0.3, 0.4) is 0 Å². The van der Waals surface area contributed by atoms with Gasteiger partial charge in [-0.05, 0) is 36.6 Å². The highest BCUT2D eigenvalue weighted by Gasteiger charge is 2.22. The van der Waals surface area contributed by atoms with E-state index in [1.54, 1.807) is 18.2 Å². The molecule has 7 nitrogen and oxygen atoms in total. The summed E-state index contributed by atoms with van der Waals surface area (Å²) >= 11 is 13.9. The maximum Gasteiger partial charge on any atom is 0.291 e. The predicted octanol–water partition coefficient (Wildman–Crippen LogP) is 4.62. The number of amides is 1. The number of sulfonamides is 1. The minimum atomic E-state index is -3.95. The molecule has 0 aliphatic heterocycles. The van der Waals surface area contributed by atoms with Crippen LogP contribution in [0.2, 0.25) is 10.0 Å². The number of para-hydroxylation sites is 1. The standard InChI is InChI=1S/C16H12Cl2N4O3S3/c1-26-13-5-3-2-4-12(13)22-28(24,25)16-21-20-15(27-16)19-14(23)10-7-6-9(17)8-11(10)18/h2-8,22H,1H3,(H,19,20,23). The fourth-order valence-electron chi connectivity index (χ4n) is 2.12. The summed E-state index contributed by atoms with van der Waals surface area (Å²) < 4.78 is 27.3. The number of hydrogen-bond donors (Lipinski definition) is 2. The number of thioether (sulfide) groups is 1. The van der Waals surface area contributed by atoms with Crippen LogP contribution in [0.25, 0.3) is 0 Å². The van der Waals surface area contributed by atoms with Crippen molar-refractivity contribution < 1.29 is 13.2 Å². The summed E-state index contributed by atoms with van der Waals surface area (Å²) in [4.78, 5) is 13.1. The summed E-state index contributed by atoms with van der Waals surface area (Å²) in [6, 6.07) is 11.4. The van der Waals surface area contributed by atoms with Crippen molar-refractivity contribution in [2.45, 2.75) is 9.24 Å². The summed E-state index contributed by atoms with van der Waals surface area (Å²) in [7, 11) is -3.95. The molecule has 2 N–H and O–H groups in total. The Morgan fingerprint density at radius 2 is 1.89 bits per heavy atom. The fourth-order valence-corrected chi connectivity index (χ4v) is 5.21. The average Bonchev–Trinajstić information content (AvgIpc) is 3.11. The van der Waals surface area contributed by atoms with Crippen LogP contribution in [0.5, 0.6) is 0 Å². The lowest BCUT2D eigenvalue weighted by atomic mass is 10.2. The quantitative estimate of drug-likeness (QED) is 0.399. The molecule has 0 saturated heterocycles. The van der Waals surface area contributed by atoms with Gasteiger partial charge >= 0.3 is 0 Å². The van der Waals surface area contributed by atoms with Crippen LogP contribution in [-0.2, 0) is 10.0 Å². The third-order valence-corrected chi connectivity index (χ3v) is 7.30. The van der Waals surface area contributed by atoms with Crippen LogP contribution in [-0.4, -0.2) is 30.8 Å². The number of aromatic nitrogens is 2. The van der Waals surface area contributed by atoms with Gasteiger partial charge in [0.25, 0.3) is 20.3 Å². The molecule has 3 rings (SSSR count). The number of carbonyl (C=O) groups excluding carboxylic acids is 1. The van der Waals surface area contributed by atoms with E-state index in [-0.39, 0.29) is 20.1 Å². The zero-order valence-electron chi connectivity index (χ0n) is 14.1. The first-order valence-electron chi connectivity index (χ1n) is 7.56. The number of carbonyl (C=O) groups is 1. The van der Waals surface area contributed by atoms with Crippen LogP contribution in [0.1, 0.15) is 10.4 Å². The molecule has 0 atom stereocenters. The lowest BCUT2D eigenvalue weighted by Crippen LogP contribution is -2.13. The predicted molar refractivity (Wildman–Crippen MR) is 113 cm³/mol. The zero-order valence-corrected chi connectivity index (χ0v) is 18.1. The lowest BCUT2D eigenvalue weighted by Gasteiger charge is -2.08. The molecule has 0 spiro atoms. The van der Waals surface area contributed by atoms with Crippen molar-refractivity contribution >= 4 is 73.0 Å². The number of nitrogens with zero attached hydrogens (tertiary/aromatic N) is 2. The van der Waals surface area contributed by atoms with Gasteiger partial charge in [-0.3, -0.25) is 14.8 Å². The van der Waals surface area contributed by atoms with Crippen LogP contribution in [0, 0.1) is 0 Å². The molecule has 0 bridgehead atoms. The van der Waals surface area contributed by atoms with Gasteiger partial charge < -0.3 is 0 Å². The highest BCUT2D eigenvalue weighted by atomic mass is 35.5. The lowest BCUT2D eigenvalue weighted by molar-refractivity contribution is 0.102. The van der Waals surface area contributed by atoms with E-state index in [2.05, 4.69) is 20.2 Å². The first kappa shape index (κ1) is 20.9. The van der Waals surface area contributed by atoms with Gasteiger partial charge in [0.2, 0.25) is 5.13 Å². The Kier molecular flexibility index (Phi) is 6.46. The van der Waals surface area contributed by atoms with Crippen LogP contribution in [0.4, 0.5) is 10.8 Å². The van der Waals surface area contributed by atoms with Gasteiger partial charge in [-0.25, -0.2) is 0 Å². The van der Waals surface area contributed by atoms with E-state index in [0.717, 1.165) is 16.2 Å². The highest BCUT2D eigenvalue weighted by molar-refractivity contribution is 7.99. The van der Waals surface area contributed by atoms with Crippen molar-refractivity contribution in [1.82, 2.24) is 10.2 Å². The molecule has 0 radical (unpaired) electrons. The van der Waals surface area contributed by atoms with E-state index in [0.29, 0.717) is 10.7 Å². The maximum absolute atomic E-state index is 12.6. The number of benzene rings is 2. The third-order valence-electron chi connectivity index (χ3n) is 3.38. The van der Waals surface area contributed by atoms with Crippen LogP contribution < -0.4 is 10.0 Å². The Hall–Kier alpha value is -1.85. The van der Waals surface area contributed by atoms with Gasteiger partial charge in [-0.2, -0.15) is 8.42 Å². The molecule has 0 saturated carbocycles. The Bertz CT molecular complexity index is 1140. The number of rotatable bonds is 6. The van der Waals surface area contributed by atoms with Gasteiger partial charge in [-0.1, -0.05) is 46.7 Å². The van der Waals surface area contributed by atoms with E-state index in [9.17, 15) is 13.2 Å². The Morgan fingerprint density at radius 3 is 2.61 bits per heavy atom. The van der Waals surface area contributed by atoms with Crippen LogP contribution >= 0.6 is 46.3 Å². The average molecular weight is 475 g/mol. The molecule has 0 aliphatic carbocycles. The SMILES string of the molecule is CSc1ccccc1NS(=O)(=O)c1nnc(NC(=O)c2ccc(Cl)cc2Cl)s1. The molecular weight excluding hydrogens is 463 g/mol. The van der Waals surface area contributed by atoms with Crippen molar-refractivity contribution in [3.8, 4) is 0 Å². The monoisotopic (exact) mass is 474 g/mol. The van der Waals surface area contributed by atoms with E-state index >= 15 is 0 Å². The molecular formula is C16H12Cl2N4O3S3. The fraction of sp³-hybridized carbons (Fsp3) is 0.0625. The topological polar surface area (TPSA) is 101 Å². The van der Waals surface area contributed by atoms with Gasteiger partial charge in [-0.15, -0.1) is 22.0 Å². The van der Waals surface area contributed by atoms with Gasteiger partial charge in [0.15, 0.2) is 0 Å². The number of halogens is 2. The molecule has 0 unspecified atom stereocenters. The molecule has 1 heterocycles. The van der Waals surface area contributed by atoms with Crippen molar-refractivity contribution in [2.75, 3.05) is 16.3 Å². The summed E-state index contributed by atoms with van der Waals surface area (Å²) in [5.41, 5.74) is 0.612. The highest BCUT2D eigenvalue weighted by Crippen LogP contribution is 2.29. The molecule has 2 aromatic carbocycles. The minimum absolute atomic E-state index is 0.0227. The molecule has 1 amide bonds. The minimum Gasteiger partial charge on any atom is -0.296 e. The molecule has 12 heteroatoms.